The summed E-state index contributed by atoms with van der Waals surface area (Å²) < 4.78 is 5.43. The van der Waals surface area contributed by atoms with Gasteiger partial charge >= 0.3 is 0 Å². The third-order valence-electron chi connectivity index (χ3n) is 3.99. The number of rotatable bonds is 3. The van der Waals surface area contributed by atoms with Crippen LogP contribution >= 0.6 is 0 Å². The Balaban J connectivity index is 2.32. The molecule has 3 heteroatoms. The van der Waals surface area contributed by atoms with Crippen LogP contribution < -0.4 is 9.64 Å². The molecule has 1 atom stereocenters. The molecule has 0 amide bonds. The van der Waals surface area contributed by atoms with Crippen molar-refractivity contribution < 1.29 is 4.74 Å². The highest BCUT2D eigenvalue weighted by Gasteiger charge is 2.30. The number of hydrogen-bond acceptors (Lipinski definition) is 2. The van der Waals surface area contributed by atoms with Crippen LogP contribution in [-0.2, 0) is 0 Å². The first-order valence-corrected chi connectivity index (χ1v) is 6.67. The molecule has 3 nitrogen and oxygen atoms in total. The van der Waals surface area contributed by atoms with Gasteiger partial charge < -0.3 is 9.64 Å². The highest BCUT2D eigenvalue weighted by molar-refractivity contribution is 6.27. The minimum atomic E-state index is 0.330. The first-order valence-electron chi connectivity index (χ1n) is 6.67. The van der Waals surface area contributed by atoms with Crippen molar-refractivity contribution >= 4 is 22.3 Å². The maximum Gasteiger partial charge on any atom is 0.133 e. The molecule has 0 spiro atoms. The molecule has 0 aromatic heterocycles. The molecule has 0 aliphatic carbocycles. The van der Waals surface area contributed by atoms with E-state index in [2.05, 4.69) is 30.9 Å². The molecule has 2 aromatic carbocycles. The zero-order chi connectivity index (χ0) is 13.6. The summed E-state index contributed by atoms with van der Waals surface area (Å²) in [4.78, 5) is 2.12. The van der Waals surface area contributed by atoms with Gasteiger partial charge in [-0.2, -0.15) is 0 Å². The van der Waals surface area contributed by atoms with Crippen LogP contribution in [0.4, 0.5) is 5.69 Å². The van der Waals surface area contributed by atoms with Gasteiger partial charge in [0.15, 0.2) is 0 Å². The third kappa shape index (κ3) is 1.54. The van der Waals surface area contributed by atoms with Gasteiger partial charge in [-0.05, 0) is 25.5 Å². The SMILES string of the molecule is CCC(C)N1C(=N)c2cccc3c(OC)ccc1c23. The number of amidine groups is 1. The van der Waals surface area contributed by atoms with Crippen LogP contribution in [0.15, 0.2) is 30.3 Å². The average molecular weight is 254 g/mol. The van der Waals surface area contributed by atoms with Crippen molar-refractivity contribution in [3.63, 3.8) is 0 Å². The van der Waals surface area contributed by atoms with Gasteiger partial charge in [0, 0.05) is 22.4 Å². The van der Waals surface area contributed by atoms with Crippen molar-refractivity contribution in [2.45, 2.75) is 26.3 Å². The van der Waals surface area contributed by atoms with E-state index >= 15 is 0 Å². The second kappa shape index (κ2) is 4.26. The number of methoxy groups -OCH3 is 1. The minimum absolute atomic E-state index is 0.330. The zero-order valence-corrected chi connectivity index (χ0v) is 11.5. The fourth-order valence-electron chi connectivity index (χ4n) is 2.83. The molecule has 0 saturated carbocycles. The molecular weight excluding hydrogens is 236 g/mol. The predicted molar refractivity (Wildman–Crippen MR) is 79.6 cm³/mol. The van der Waals surface area contributed by atoms with Crippen LogP contribution in [-0.4, -0.2) is 19.0 Å². The van der Waals surface area contributed by atoms with Crippen LogP contribution in [0.5, 0.6) is 5.75 Å². The quantitative estimate of drug-likeness (QED) is 0.904. The summed E-state index contributed by atoms with van der Waals surface area (Å²) in [6.07, 6.45) is 1.02. The van der Waals surface area contributed by atoms with Gasteiger partial charge in [0.1, 0.15) is 11.6 Å². The van der Waals surface area contributed by atoms with Crippen LogP contribution in [0.25, 0.3) is 10.8 Å². The van der Waals surface area contributed by atoms with E-state index in [0.29, 0.717) is 11.9 Å². The minimum Gasteiger partial charge on any atom is -0.496 e. The highest BCUT2D eigenvalue weighted by atomic mass is 16.5. The summed E-state index contributed by atoms with van der Waals surface area (Å²) in [5.41, 5.74) is 2.14. The molecule has 1 aliphatic heterocycles. The van der Waals surface area contributed by atoms with E-state index in [4.69, 9.17) is 10.1 Å². The largest absolute Gasteiger partial charge is 0.496 e. The second-order valence-corrected chi connectivity index (χ2v) is 4.99. The molecule has 0 radical (unpaired) electrons. The molecule has 1 N–H and O–H groups in total. The number of nitrogens with zero attached hydrogens (tertiary/aromatic N) is 1. The lowest BCUT2D eigenvalue weighted by Gasteiger charge is -2.26. The molecule has 0 saturated heterocycles. The molecule has 1 unspecified atom stereocenters. The van der Waals surface area contributed by atoms with Gasteiger partial charge in [-0.3, -0.25) is 5.41 Å². The molecular formula is C16H18N2O. The van der Waals surface area contributed by atoms with Gasteiger partial charge in [-0.15, -0.1) is 0 Å². The van der Waals surface area contributed by atoms with Crippen molar-refractivity contribution in [1.82, 2.24) is 0 Å². The first-order chi connectivity index (χ1) is 9.19. The van der Waals surface area contributed by atoms with Gasteiger partial charge in [0.05, 0.1) is 12.8 Å². The van der Waals surface area contributed by atoms with Gasteiger partial charge in [0.25, 0.3) is 0 Å². The zero-order valence-electron chi connectivity index (χ0n) is 11.5. The first kappa shape index (κ1) is 12.0. The molecule has 2 aromatic rings. The summed E-state index contributed by atoms with van der Waals surface area (Å²) in [6, 6.07) is 10.5. The van der Waals surface area contributed by atoms with E-state index in [1.54, 1.807) is 7.11 Å². The standard InChI is InChI=1S/C16H18N2O/c1-4-10(2)18-13-8-9-14(19-3)11-6-5-7-12(15(11)13)16(18)17/h5-10,17H,4H2,1-3H3. The Kier molecular flexibility index (Phi) is 2.70. The number of ether oxygens (including phenoxy) is 1. The van der Waals surface area contributed by atoms with Crippen LogP contribution in [0.1, 0.15) is 25.8 Å². The number of nitrogens with one attached hydrogen (secondary N) is 1. The molecule has 3 rings (SSSR count). The summed E-state index contributed by atoms with van der Waals surface area (Å²) >= 11 is 0. The van der Waals surface area contributed by atoms with Crippen LogP contribution in [0.2, 0.25) is 0 Å². The Morgan fingerprint density at radius 3 is 2.74 bits per heavy atom. The maximum atomic E-state index is 8.42. The Morgan fingerprint density at radius 2 is 2.05 bits per heavy atom. The van der Waals surface area contributed by atoms with E-state index in [1.807, 2.05) is 18.2 Å². The van der Waals surface area contributed by atoms with Gasteiger partial charge in [0.2, 0.25) is 0 Å². The lowest BCUT2D eigenvalue weighted by atomic mass is 10.0. The number of anilines is 1. The third-order valence-corrected chi connectivity index (χ3v) is 3.99. The molecule has 98 valence electrons. The molecule has 1 aliphatic rings. The lowest BCUT2D eigenvalue weighted by Crippen LogP contribution is -2.35. The van der Waals surface area contributed by atoms with Crippen molar-refractivity contribution in [2.24, 2.45) is 0 Å². The van der Waals surface area contributed by atoms with E-state index < -0.39 is 0 Å². The van der Waals surface area contributed by atoms with Crippen LogP contribution in [0, 0.1) is 5.41 Å². The topological polar surface area (TPSA) is 36.3 Å². The smallest absolute Gasteiger partial charge is 0.133 e. The van der Waals surface area contributed by atoms with E-state index in [0.717, 1.165) is 34.2 Å². The molecule has 19 heavy (non-hydrogen) atoms. The normalized spacial score (nSPS) is 15.1. The molecule has 1 heterocycles. The predicted octanol–water partition coefficient (Wildman–Crippen LogP) is 3.79. The van der Waals surface area contributed by atoms with Gasteiger partial charge in [-0.25, -0.2) is 0 Å². The maximum absolute atomic E-state index is 8.42. The Morgan fingerprint density at radius 1 is 1.26 bits per heavy atom. The lowest BCUT2D eigenvalue weighted by molar-refractivity contribution is 0.420. The Bertz CT molecular complexity index is 663. The summed E-state index contributed by atoms with van der Waals surface area (Å²) in [5, 5.41) is 10.7. The average Bonchev–Trinajstić information content (AvgIpc) is 2.74. The van der Waals surface area contributed by atoms with Gasteiger partial charge in [-0.1, -0.05) is 25.1 Å². The summed E-state index contributed by atoms with van der Waals surface area (Å²) in [5.74, 6) is 1.47. The fraction of sp³-hybridized carbons (Fsp3) is 0.312. The number of benzene rings is 2. The summed E-state index contributed by atoms with van der Waals surface area (Å²) in [7, 11) is 1.69. The Labute approximate surface area is 113 Å². The van der Waals surface area contributed by atoms with Crippen molar-refractivity contribution in [1.29, 1.82) is 5.41 Å². The van der Waals surface area contributed by atoms with Crippen molar-refractivity contribution in [2.75, 3.05) is 12.0 Å². The van der Waals surface area contributed by atoms with E-state index in [1.165, 1.54) is 0 Å². The summed E-state index contributed by atoms with van der Waals surface area (Å²) in [6.45, 7) is 4.32. The molecule has 0 fully saturated rings. The second-order valence-electron chi connectivity index (χ2n) is 4.99. The highest BCUT2D eigenvalue weighted by Crippen LogP contribution is 2.42. The fourth-order valence-corrected chi connectivity index (χ4v) is 2.83. The van der Waals surface area contributed by atoms with Crippen molar-refractivity contribution in [3.8, 4) is 5.75 Å². The van der Waals surface area contributed by atoms with Crippen LogP contribution in [0.3, 0.4) is 0 Å². The van der Waals surface area contributed by atoms with Crippen molar-refractivity contribution in [3.05, 3.63) is 35.9 Å². The molecule has 0 bridgehead atoms. The monoisotopic (exact) mass is 254 g/mol. The Hall–Kier alpha value is -2.03. The van der Waals surface area contributed by atoms with E-state index in [-0.39, 0.29) is 0 Å². The van der Waals surface area contributed by atoms with E-state index in [9.17, 15) is 0 Å². The number of hydrogen-bond donors (Lipinski definition) is 1.